The zero-order valence-corrected chi connectivity index (χ0v) is 22.8. The molecule has 0 N–H and O–H groups in total. The van der Waals surface area contributed by atoms with Crippen LogP contribution in [0.15, 0.2) is 65.1 Å². The second-order valence-corrected chi connectivity index (χ2v) is 11.0. The Balaban J connectivity index is 1.34. The minimum absolute atomic E-state index is 0.0805. The first-order chi connectivity index (χ1) is 18.8. The fourth-order valence-corrected chi connectivity index (χ4v) is 5.49. The topological polar surface area (TPSA) is 66.2 Å². The van der Waals surface area contributed by atoms with E-state index in [2.05, 4.69) is 11.9 Å². The molecule has 2 aliphatic heterocycles. The fraction of sp³-hybridized carbons (Fsp3) is 0.400. The highest BCUT2D eigenvalue weighted by atomic mass is 35.5. The molecule has 206 valence electrons. The third kappa shape index (κ3) is 6.45. The Labute approximate surface area is 233 Å². The van der Waals surface area contributed by atoms with Crippen LogP contribution in [-0.4, -0.2) is 79.4 Å². The largest absolute Gasteiger partial charge is 0.493 e. The van der Waals surface area contributed by atoms with Crippen LogP contribution < -0.4 is 4.74 Å². The lowest BCUT2D eigenvalue weighted by molar-refractivity contribution is -0.137. The maximum absolute atomic E-state index is 14.3. The standard InChI is InChI=1S/C30H33ClFN3O4/c1-33-15-17-34(18-16-33)28(36)19-30(21-38-23-9-7-22(31)8-10-23)13-4-14-35(20-30)29(37)27-12-11-26(39-27)24-5-2-3-6-25(24)32/h2-3,5-12H,4,13-21H2,1H3/t30-/m1/s1. The van der Waals surface area contributed by atoms with Crippen molar-refractivity contribution in [3.63, 3.8) is 0 Å². The molecule has 2 amide bonds. The van der Waals surface area contributed by atoms with E-state index in [4.69, 9.17) is 20.8 Å². The number of piperidine rings is 1. The Morgan fingerprint density at radius 1 is 0.974 bits per heavy atom. The van der Waals surface area contributed by atoms with Crippen molar-refractivity contribution in [3.8, 4) is 17.1 Å². The zero-order valence-electron chi connectivity index (χ0n) is 22.1. The molecule has 0 bridgehead atoms. The molecule has 1 aromatic heterocycles. The summed E-state index contributed by atoms with van der Waals surface area (Å²) in [5, 5.41) is 0.616. The predicted octanol–water partition coefficient (Wildman–Crippen LogP) is 5.20. The van der Waals surface area contributed by atoms with Gasteiger partial charge in [0.05, 0.1) is 12.2 Å². The monoisotopic (exact) mass is 553 g/mol. The number of furan rings is 1. The summed E-state index contributed by atoms with van der Waals surface area (Å²) in [6.07, 6.45) is 1.77. The van der Waals surface area contributed by atoms with E-state index in [0.717, 1.165) is 25.9 Å². The average molecular weight is 554 g/mol. The SMILES string of the molecule is CN1CCN(C(=O)C[C@]2(COc3ccc(Cl)cc3)CCCN(C(=O)c3ccc(-c4ccccc4F)o3)C2)CC1. The van der Waals surface area contributed by atoms with Crippen LogP contribution in [0.2, 0.25) is 5.02 Å². The molecule has 2 aliphatic rings. The van der Waals surface area contributed by atoms with Gasteiger partial charge in [-0.05, 0) is 68.4 Å². The number of benzene rings is 2. The molecule has 2 saturated heterocycles. The van der Waals surface area contributed by atoms with Crippen molar-refractivity contribution in [3.05, 3.63) is 77.3 Å². The van der Waals surface area contributed by atoms with Crippen molar-refractivity contribution < 1.29 is 23.1 Å². The summed E-state index contributed by atoms with van der Waals surface area (Å²) in [5.41, 5.74) is -0.256. The van der Waals surface area contributed by atoms with Gasteiger partial charge in [-0.15, -0.1) is 0 Å². The number of likely N-dealkylation sites (N-methyl/N-ethyl adjacent to an activating group) is 1. The van der Waals surface area contributed by atoms with E-state index in [1.54, 1.807) is 59.5 Å². The van der Waals surface area contributed by atoms with Crippen LogP contribution in [0.5, 0.6) is 5.75 Å². The minimum atomic E-state index is -0.561. The maximum atomic E-state index is 14.3. The van der Waals surface area contributed by atoms with Crippen LogP contribution in [0.1, 0.15) is 29.8 Å². The van der Waals surface area contributed by atoms with E-state index in [-0.39, 0.29) is 30.6 Å². The lowest BCUT2D eigenvalue weighted by Crippen LogP contribution is -2.53. The molecular formula is C30H33ClFN3O4. The van der Waals surface area contributed by atoms with Crippen LogP contribution in [0.25, 0.3) is 11.3 Å². The van der Waals surface area contributed by atoms with Crippen LogP contribution in [0.3, 0.4) is 0 Å². The molecule has 0 aliphatic carbocycles. The Bertz CT molecular complexity index is 1310. The summed E-state index contributed by atoms with van der Waals surface area (Å²) in [6, 6.07) is 16.6. The second-order valence-electron chi connectivity index (χ2n) is 10.6. The molecule has 3 aromatic rings. The van der Waals surface area contributed by atoms with Gasteiger partial charge in [0.25, 0.3) is 5.91 Å². The first kappa shape index (κ1) is 27.2. The number of likely N-dealkylation sites (tertiary alicyclic amines) is 1. The molecule has 0 radical (unpaired) electrons. The van der Waals surface area contributed by atoms with Crippen molar-refractivity contribution in [1.82, 2.24) is 14.7 Å². The molecule has 9 heteroatoms. The highest BCUT2D eigenvalue weighted by molar-refractivity contribution is 6.30. The number of ether oxygens (including phenoxy) is 1. The van der Waals surface area contributed by atoms with Gasteiger partial charge in [0, 0.05) is 56.1 Å². The van der Waals surface area contributed by atoms with Crippen molar-refractivity contribution in [2.75, 3.05) is 52.9 Å². The van der Waals surface area contributed by atoms with Gasteiger partial charge in [-0.25, -0.2) is 4.39 Å². The van der Waals surface area contributed by atoms with Crippen LogP contribution in [-0.2, 0) is 4.79 Å². The van der Waals surface area contributed by atoms with Gasteiger partial charge in [0.1, 0.15) is 17.3 Å². The first-order valence-electron chi connectivity index (χ1n) is 13.3. The van der Waals surface area contributed by atoms with Gasteiger partial charge < -0.3 is 23.9 Å². The summed E-state index contributed by atoms with van der Waals surface area (Å²) >= 11 is 6.03. The third-order valence-electron chi connectivity index (χ3n) is 7.65. The number of piperazine rings is 1. The molecule has 0 unspecified atom stereocenters. The Kier molecular flexibility index (Phi) is 8.23. The molecule has 0 spiro atoms. The highest BCUT2D eigenvalue weighted by Crippen LogP contribution is 2.36. The van der Waals surface area contributed by atoms with Crippen molar-refractivity contribution in [2.45, 2.75) is 19.3 Å². The fourth-order valence-electron chi connectivity index (χ4n) is 5.36. The summed E-state index contributed by atoms with van der Waals surface area (Å²) in [4.78, 5) is 32.8. The van der Waals surface area contributed by atoms with Crippen molar-refractivity contribution >= 4 is 23.4 Å². The summed E-state index contributed by atoms with van der Waals surface area (Å²) in [5.74, 6) is 0.501. The molecule has 2 fully saturated rings. The lowest BCUT2D eigenvalue weighted by Gasteiger charge is -2.43. The number of nitrogens with zero attached hydrogens (tertiary/aromatic N) is 3. The quantitative estimate of drug-likeness (QED) is 0.402. The molecule has 39 heavy (non-hydrogen) atoms. The van der Waals surface area contributed by atoms with Gasteiger partial charge in [0.15, 0.2) is 5.76 Å². The number of carbonyl (C=O) groups is 2. The van der Waals surface area contributed by atoms with E-state index in [1.165, 1.54) is 6.07 Å². The number of rotatable bonds is 7. The van der Waals surface area contributed by atoms with Gasteiger partial charge in [-0.1, -0.05) is 23.7 Å². The summed E-state index contributed by atoms with van der Waals surface area (Å²) in [6.45, 7) is 4.25. The van der Waals surface area contributed by atoms with Gasteiger partial charge in [-0.2, -0.15) is 0 Å². The smallest absolute Gasteiger partial charge is 0.289 e. The normalized spacial score (nSPS) is 20.2. The number of hydrogen-bond acceptors (Lipinski definition) is 5. The maximum Gasteiger partial charge on any atom is 0.289 e. The Morgan fingerprint density at radius 3 is 2.46 bits per heavy atom. The Morgan fingerprint density at radius 2 is 1.72 bits per heavy atom. The minimum Gasteiger partial charge on any atom is -0.493 e. The number of halogens is 2. The Hall–Kier alpha value is -3.36. The van der Waals surface area contributed by atoms with Gasteiger partial charge in [-0.3, -0.25) is 9.59 Å². The van der Waals surface area contributed by atoms with Crippen molar-refractivity contribution in [1.29, 1.82) is 0 Å². The van der Waals surface area contributed by atoms with Crippen LogP contribution in [0.4, 0.5) is 4.39 Å². The molecule has 0 saturated carbocycles. The molecule has 5 rings (SSSR count). The number of carbonyl (C=O) groups excluding carboxylic acids is 2. The lowest BCUT2D eigenvalue weighted by atomic mass is 9.77. The van der Waals surface area contributed by atoms with Gasteiger partial charge in [0.2, 0.25) is 5.91 Å². The first-order valence-corrected chi connectivity index (χ1v) is 13.7. The van der Waals surface area contributed by atoms with E-state index in [9.17, 15) is 14.0 Å². The average Bonchev–Trinajstić information content (AvgIpc) is 3.43. The van der Waals surface area contributed by atoms with Crippen molar-refractivity contribution in [2.24, 2.45) is 5.41 Å². The number of amides is 2. The zero-order chi connectivity index (χ0) is 27.4. The van der Waals surface area contributed by atoms with Crippen LogP contribution in [0, 0.1) is 11.2 Å². The molecule has 1 atom stereocenters. The van der Waals surface area contributed by atoms with Gasteiger partial charge >= 0.3 is 0 Å². The second kappa shape index (κ2) is 11.8. The van der Waals surface area contributed by atoms with Crippen LogP contribution >= 0.6 is 11.6 Å². The predicted molar refractivity (Wildman–Crippen MR) is 147 cm³/mol. The number of hydrogen-bond donors (Lipinski definition) is 0. The molecule has 3 heterocycles. The molecule has 2 aromatic carbocycles. The van der Waals surface area contributed by atoms with E-state index >= 15 is 0 Å². The van der Waals surface area contributed by atoms with E-state index in [1.807, 2.05) is 4.90 Å². The molecule has 7 nitrogen and oxygen atoms in total. The summed E-state index contributed by atoms with van der Waals surface area (Å²) in [7, 11) is 2.06. The molecular weight excluding hydrogens is 521 g/mol. The highest BCUT2D eigenvalue weighted by Gasteiger charge is 2.41. The van der Waals surface area contributed by atoms with E-state index in [0.29, 0.717) is 48.3 Å². The third-order valence-corrected chi connectivity index (χ3v) is 7.90. The van der Waals surface area contributed by atoms with E-state index < -0.39 is 11.2 Å². The summed E-state index contributed by atoms with van der Waals surface area (Å²) < 4.78 is 26.3.